The maximum Gasteiger partial charge on any atom is 0.225 e. The summed E-state index contributed by atoms with van der Waals surface area (Å²) < 4.78 is 0. The zero-order valence-electron chi connectivity index (χ0n) is 11.6. The van der Waals surface area contributed by atoms with Crippen LogP contribution in [0.4, 0.5) is 5.69 Å². The van der Waals surface area contributed by atoms with Crippen LogP contribution in [0.2, 0.25) is 0 Å². The molecule has 0 aliphatic carbocycles. The zero-order chi connectivity index (χ0) is 13.5. The van der Waals surface area contributed by atoms with Gasteiger partial charge in [-0.25, -0.2) is 0 Å². The lowest BCUT2D eigenvalue weighted by molar-refractivity contribution is -0.116. The van der Waals surface area contributed by atoms with Crippen LogP contribution in [0.15, 0.2) is 30.3 Å². The number of hydrogen-bond donors (Lipinski definition) is 2. The molecule has 0 aromatic heterocycles. The van der Waals surface area contributed by atoms with Crippen molar-refractivity contribution in [3.8, 4) is 0 Å². The summed E-state index contributed by atoms with van der Waals surface area (Å²) >= 11 is 0. The second-order valence-electron chi connectivity index (χ2n) is 4.94. The fraction of sp³-hybridized carbons (Fsp3) is 0.533. The van der Waals surface area contributed by atoms with Gasteiger partial charge < -0.3 is 10.6 Å². The third-order valence-electron chi connectivity index (χ3n) is 3.64. The number of nitrogens with one attached hydrogen (secondary N) is 2. The Labute approximate surface area is 115 Å². The van der Waals surface area contributed by atoms with Crippen LogP contribution in [0, 0.1) is 0 Å². The summed E-state index contributed by atoms with van der Waals surface area (Å²) in [4.78, 5) is 14.3. The molecule has 1 aliphatic heterocycles. The molecule has 104 valence electrons. The molecular formula is C15H23N3O. The highest BCUT2D eigenvalue weighted by atomic mass is 16.1. The van der Waals surface area contributed by atoms with Crippen molar-refractivity contribution in [3.05, 3.63) is 30.3 Å². The Hall–Kier alpha value is -1.39. The molecule has 1 aliphatic rings. The van der Waals surface area contributed by atoms with E-state index in [4.69, 9.17) is 0 Å². The number of para-hydroxylation sites is 1. The van der Waals surface area contributed by atoms with Gasteiger partial charge in [0.25, 0.3) is 0 Å². The van der Waals surface area contributed by atoms with Gasteiger partial charge in [-0.1, -0.05) is 25.1 Å². The third-order valence-corrected chi connectivity index (χ3v) is 3.64. The molecule has 1 unspecified atom stereocenters. The Morgan fingerprint density at radius 1 is 1.42 bits per heavy atom. The van der Waals surface area contributed by atoms with Crippen LogP contribution in [-0.4, -0.2) is 43.0 Å². The number of benzene rings is 1. The average molecular weight is 261 g/mol. The fourth-order valence-electron chi connectivity index (χ4n) is 2.54. The summed E-state index contributed by atoms with van der Waals surface area (Å²) in [7, 11) is 0. The van der Waals surface area contributed by atoms with Crippen molar-refractivity contribution in [2.24, 2.45) is 0 Å². The highest BCUT2D eigenvalue weighted by Gasteiger charge is 2.21. The Balaban J connectivity index is 1.75. The predicted molar refractivity (Wildman–Crippen MR) is 78.2 cm³/mol. The van der Waals surface area contributed by atoms with E-state index in [-0.39, 0.29) is 5.91 Å². The van der Waals surface area contributed by atoms with E-state index in [1.54, 1.807) is 0 Å². The monoisotopic (exact) mass is 261 g/mol. The molecule has 2 rings (SSSR count). The molecule has 2 N–H and O–H groups in total. The van der Waals surface area contributed by atoms with Gasteiger partial charge in [-0.05, 0) is 31.6 Å². The Bertz CT molecular complexity index is 388. The molecule has 1 aromatic carbocycles. The number of nitrogens with zero attached hydrogens (tertiary/aromatic N) is 1. The van der Waals surface area contributed by atoms with Crippen LogP contribution in [0.5, 0.6) is 0 Å². The molecule has 4 heteroatoms. The van der Waals surface area contributed by atoms with Gasteiger partial charge in [0.2, 0.25) is 5.91 Å². The van der Waals surface area contributed by atoms with Crippen LogP contribution in [0.1, 0.15) is 19.8 Å². The highest BCUT2D eigenvalue weighted by molar-refractivity contribution is 5.90. The quantitative estimate of drug-likeness (QED) is 0.819. The van der Waals surface area contributed by atoms with Crippen molar-refractivity contribution < 1.29 is 4.79 Å². The third kappa shape index (κ3) is 4.33. The van der Waals surface area contributed by atoms with Gasteiger partial charge in [0.05, 0.1) is 0 Å². The zero-order valence-corrected chi connectivity index (χ0v) is 11.6. The van der Waals surface area contributed by atoms with E-state index in [1.807, 2.05) is 30.3 Å². The lowest BCUT2D eigenvalue weighted by Gasteiger charge is -2.26. The molecule has 0 bridgehead atoms. The predicted octanol–water partition coefficient (Wildman–Crippen LogP) is 1.70. The smallest absolute Gasteiger partial charge is 0.225 e. The molecule has 1 saturated heterocycles. The topological polar surface area (TPSA) is 44.4 Å². The van der Waals surface area contributed by atoms with Gasteiger partial charge in [-0.2, -0.15) is 0 Å². The number of hydrogen-bond acceptors (Lipinski definition) is 3. The maximum absolute atomic E-state index is 11.9. The molecule has 1 aromatic rings. The molecular weight excluding hydrogens is 238 g/mol. The van der Waals surface area contributed by atoms with E-state index in [0.717, 1.165) is 31.9 Å². The van der Waals surface area contributed by atoms with Gasteiger partial charge in [-0.15, -0.1) is 0 Å². The van der Waals surface area contributed by atoms with Crippen molar-refractivity contribution >= 4 is 11.6 Å². The molecule has 1 amide bonds. The first kappa shape index (κ1) is 14.0. The molecule has 1 heterocycles. The molecule has 4 nitrogen and oxygen atoms in total. The van der Waals surface area contributed by atoms with Crippen molar-refractivity contribution in [1.29, 1.82) is 0 Å². The van der Waals surface area contributed by atoms with E-state index in [1.165, 1.54) is 6.42 Å². The number of carbonyl (C=O) groups is 1. The van der Waals surface area contributed by atoms with E-state index < -0.39 is 0 Å². The summed E-state index contributed by atoms with van der Waals surface area (Å²) in [5.74, 6) is 0.0932. The molecule has 0 radical (unpaired) electrons. The van der Waals surface area contributed by atoms with Crippen LogP contribution in [0.3, 0.4) is 0 Å². The molecule has 1 atom stereocenters. The SMILES string of the molecule is CCN(CCC(=O)Nc1ccccc1)C1CCNC1. The van der Waals surface area contributed by atoms with Crippen LogP contribution in [-0.2, 0) is 4.79 Å². The first-order valence-corrected chi connectivity index (χ1v) is 7.09. The summed E-state index contributed by atoms with van der Waals surface area (Å²) in [5.41, 5.74) is 0.873. The van der Waals surface area contributed by atoms with Crippen molar-refractivity contribution in [2.45, 2.75) is 25.8 Å². The largest absolute Gasteiger partial charge is 0.326 e. The number of anilines is 1. The number of amides is 1. The van der Waals surface area contributed by atoms with Crippen LogP contribution >= 0.6 is 0 Å². The molecule has 19 heavy (non-hydrogen) atoms. The number of rotatable bonds is 6. The summed E-state index contributed by atoms with van der Waals surface area (Å²) in [5, 5.41) is 6.30. The minimum atomic E-state index is 0.0932. The van der Waals surface area contributed by atoms with Gasteiger partial charge in [-0.3, -0.25) is 9.69 Å². The van der Waals surface area contributed by atoms with E-state index >= 15 is 0 Å². The first-order valence-electron chi connectivity index (χ1n) is 7.09. The van der Waals surface area contributed by atoms with Crippen molar-refractivity contribution in [3.63, 3.8) is 0 Å². The molecule has 1 fully saturated rings. The average Bonchev–Trinajstić information content (AvgIpc) is 2.95. The van der Waals surface area contributed by atoms with Gasteiger partial charge in [0.15, 0.2) is 0 Å². The standard InChI is InChI=1S/C15H23N3O/c1-2-18(14-8-10-16-12-14)11-9-15(19)17-13-6-4-3-5-7-13/h3-7,14,16H,2,8-12H2,1H3,(H,17,19). The van der Waals surface area contributed by atoms with Crippen molar-refractivity contribution in [2.75, 3.05) is 31.5 Å². The summed E-state index contributed by atoms with van der Waals surface area (Å²) in [6.45, 7) is 6.14. The maximum atomic E-state index is 11.9. The Morgan fingerprint density at radius 3 is 2.84 bits per heavy atom. The number of carbonyl (C=O) groups excluding carboxylic acids is 1. The van der Waals surface area contributed by atoms with E-state index in [2.05, 4.69) is 22.5 Å². The van der Waals surface area contributed by atoms with Gasteiger partial charge in [0.1, 0.15) is 0 Å². The second kappa shape index (κ2) is 7.26. The lowest BCUT2D eigenvalue weighted by atomic mass is 10.2. The van der Waals surface area contributed by atoms with Gasteiger partial charge >= 0.3 is 0 Å². The van der Waals surface area contributed by atoms with Crippen LogP contribution < -0.4 is 10.6 Å². The second-order valence-corrected chi connectivity index (χ2v) is 4.94. The Kier molecular flexibility index (Phi) is 5.36. The summed E-state index contributed by atoms with van der Waals surface area (Å²) in [6.07, 6.45) is 1.74. The summed E-state index contributed by atoms with van der Waals surface area (Å²) in [6, 6.07) is 10.2. The van der Waals surface area contributed by atoms with E-state index in [0.29, 0.717) is 12.5 Å². The molecule has 0 spiro atoms. The van der Waals surface area contributed by atoms with Crippen LogP contribution in [0.25, 0.3) is 0 Å². The lowest BCUT2D eigenvalue weighted by Crippen LogP contribution is -2.38. The Morgan fingerprint density at radius 2 is 2.21 bits per heavy atom. The molecule has 0 saturated carbocycles. The van der Waals surface area contributed by atoms with E-state index in [9.17, 15) is 4.79 Å². The normalized spacial score (nSPS) is 18.7. The van der Waals surface area contributed by atoms with Crippen molar-refractivity contribution in [1.82, 2.24) is 10.2 Å². The minimum absolute atomic E-state index is 0.0932. The van der Waals surface area contributed by atoms with Gasteiger partial charge in [0, 0.05) is 31.2 Å². The first-order chi connectivity index (χ1) is 9.29. The number of likely N-dealkylation sites (N-methyl/N-ethyl adjacent to an activating group) is 1. The minimum Gasteiger partial charge on any atom is -0.326 e. The highest BCUT2D eigenvalue weighted by Crippen LogP contribution is 2.10. The fourth-order valence-corrected chi connectivity index (χ4v) is 2.54.